The van der Waals surface area contributed by atoms with E-state index in [-0.39, 0.29) is 0 Å². The molecule has 1 N–H and O–H groups in total. The van der Waals surface area contributed by atoms with Crippen LogP contribution in [0.25, 0.3) is 11.0 Å². The number of piperazine rings is 1. The van der Waals surface area contributed by atoms with Gasteiger partial charge in [-0.15, -0.1) is 0 Å². The van der Waals surface area contributed by atoms with Gasteiger partial charge in [-0.1, -0.05) is 60.7 Å². The summed E-state index contributed by atoms with van der Waals surface area (Å²) in [5.41, 5.74) is 3.43. The molecule has 158 valence electrons. The highest BCUT2D eigenvalue weighted by Gasteiger charge is 2.21. The SMILES string of the molecule is Cn1ncc2c(NCc3ccccc3)nc(N3CCN(Cc4ccccc4)CC3)nc21. The van der Waals surface area contributed by atoms with Crippen LogP contribution in [-0.2, 0) is 20.1 Å². The van der Waals surface area contributed by atoms with Gasteiger partial charge in [0.1, 0.15) is 5.82 Å². The van der Waals surface area contributed by atoms with Crippen LogP contribution in [-0.4, -0.2) is 50.8 Å². The Kier molecular flexibility index (Phi) is 5.50. The first-order chi connectivity index (χ1) is 15.3. The van der Waals surface area contributed by atoms with Crippen molar-refractivity contribution in [2.45, 2.75) is 13.1 Å². The van der Waals surface area contributed by atoms with Gasteiger partial charge in [0.25, 0.3) is 0 Å². The number of hydrogen-bond donors (Lipinski definition) is 1. The second-order valence-corrected chi connectivity index (χ2v) is 7.97. The minimum atomic E-state index is 0.714. The van der Waals surface area contributed by atoms with Crippen molar-refractivity contribution in [1.29, 1.82) is 0 Å². The Morgan fingerprint density at radius 3 is 2.23 bits per heavy atom. The van der Waals surface area contributed by atoms with Crippen LogP contribution in [0.4, 0.5) is 11.8 Å². The highest BCUT2D eigenvalue weighted by atomic mass is 15.4. The molecule has 1 fully saturated rings. The summed E-state index contributed by atoms with van der Waals surface area (Å²) >= 11 is 0. The first-order valence-electron chi connectivity index (χ1n) is 10.7. The van der Waals surface area contributed by atoms with E-state index in [0.29, 0.717) is 6.54 Å². The van der Waals surface area contributed by atoms with Gasteiger partial charge in [0.2, 0.25) is 5.95 Å². The molecular weight excluding hydrogens is 386 g/mol. The summed E-state index contributed by atoms with van der Waals surface area (Å²) in [5, 5.41) is 8.85. The molecule has 0 spiro atoms. The highest BCUT2D eigenvalue weighted by Crippen LogP contribution is 2.24. The molecule has 0 atom stereocenters. The monoisotopic (exact) mass is 413 g/mol. The topological polar surface area (TPSA) is 62.1 Å². The molecule has 1 aliphatic heterocycles. The van der Waals surface area contributed by atoms with Crippen molar-refractivity contribution < 1.29 is 0 Å². The van der Waals surface area contributed by atoms with E-state index in [1.807, 2.05) is 24.0 Å². The van der Waals surface area contributed by atoms with Crippen molar-refractivity contribution in [2.24, 2.45) is 7.05 Å². The van der Waals surface area contributed by atoms with Crippen molar-refractivity contribution >= 4 is 22.8 Å². The van der Waals surface area contributed by atoms with Gasteiger partial charge in [0.05, 0.1) is 11.6 Å². The third-order valence-electron chi connectivity index (χ3n) is 5.79. The second kappa shape index (κ2) is 8.73. The van der Waals surface area contributed by atoms with Gasteiger partial charge in [-0.2, -0.15) is 15.1 Å². The summed E-state index contributed by atoms with van der Waals surface area (Å²) in [5.74, 6) is 1.61. The van der Waals surface area contributed by atoms with E-state index >= 15 is 0 Å². The van der Waals surface area contributed by atoms with Crippen molar-refractivity contribution in [3.05, 3.63) is 78.0 Å². The van der Waals surface area contributed by atoms with Crippen molar-refractivity contribution in [1.82, 2.24) is 24.6 Å². The number of rotatable bonds is 6. The average molecular weight is 414 g/mol. The molecule has 5 rings (SSSR count). The van der Waals surface area contributed by atoms with Crippen LogP contribution < -0.4 is 10.2 Å². The average Bonchev–Trinajstić information content (AvgIpc) is 3.20. The van der Waals surface area contributed by atoms with E-state index < -0.39 is 0 Å². The Hall–Kier alpha value is -3.45. The lowest BCUT2D eigenvalue weighted by molar-refractivity contribution is 0.249. The van der Waals surface area contributed by atoms with E-state index in [1.54, 1.807) is 0 Å². The van der Waals surface area contributed by atoms with E-state index in [1.165, 1.54) is 11.1 Å². The number of benzene rings is 2. The number of aromatic nitrogens is 4. The Bertz CT molecular complexity index is 1130. The van der Waals surface area contributed by atoms with Gasteiger partial charge in [0, 0.05) is 46.3 Å². The van der Waals surface area contributed by atoms with E-state index in [2.05, 4.69) is 74.8 Å². The number of fused-ring (bicyclic) bond motifs is 1. The van der Waals surface area contributed by atoms with Crippen LogP contribution in [0.3, 0.4) is 0 Å². The zero-order valence-electron chi connectivity index (χ0n) is 17.8. The van der Waals surface area contributed by atoms with Crippen LogP contribution in [0.1, 0.15) is 11.1 Å². The fourth-order valence-electron chi connectivity index (χ4n) is 4.02. The van der Waals surface area contributed by atoms with E-state index in [0.717, 1.165) is 55.5 Å². The van der Waals surface area contributed by atoms with Crippen molar-refractivity contribution in [2.75, 3.05) is 36.4 Å². The molecule has 0 amide bonds. The predicted octanol–water partition coefficient (Wildman–Crippen LogP) is 3.30. The van der Waals surface area contributed by atoms with Crippen LogP contribution in [0.5, 0.6) is 0 Å². The maximum atomic E-state index is 4.89. The molecule has 0 bridgehead atoms. The number of hydrogen-bond acceptors (Lipinski definition) is 6. The third kappa shape index (κ3) is 4.36. The third-order valence-corrected chi connectivity index (χ3v) is 5.79. The molecule has 4 aromatic rings. The minimum Gasteiger partial charge on any atom is -0.365 e. The summed E-state index contributed by atoms with van der Waals surface area (Å²) < 4.78 is 1.82. The van der Waals surface area contributed by atoms with Gasteiger partial charge >= 0.3 is 0 Å². The van der Waals surface area contributed by atoms with Crippen molar-refractivity contribution in [3.8, 4) is 0 Å². The fraction of sp³-hybridized carbons (Fsp3) is 0.292. The Morgan fingerprint density at radius 1 is 0.839 bits per heavy atom. The molecule has 7 heteroatoms. The summed E-state index contributed by atoms with van der Waals surface area (Å²) in [7, 11) is 1.93. The van der Waals surface area contributed by atoms with Gasteiger partial charge in [-0.25, -0.2) is 0 Å². The van der Waals surface area contributed by atoms with Gasteiger partial charge in [0.15, 0.2) is 5.65 Å². The Balaban J connectivity index is 1.32. The minimum absolute atomic E-state index is 0.714. The summed E-state index contributed by atoms with van der Waals surface area (Å²) in [6, 6.07) is 21.0. The summed E-state index contributed by atoms with van der Waals surface area (Å²) in [6.45, 7) is 5.51. The predicted molar refractivity (Wildman–Crippen MR) is 124 cm³/mol. The van der Waals surface area contributed by atoms with Gasteiger partial charge < -0.3 is 10.2 Å². The normalized spacial score (nSPS) is 14.8. The lowest BCUT2D eigenvalue weighted by atomic mass is 10.2. The molecule has 0 aliphatic carbocycles. The zero-order chi connectivity index (χ0) is 21.0. The lowest BCUT2D eigenvalue weighted by Crippen LogP contribution is -2.46. The van der Waals surface area contributed by atoms with Crippen LogP contribution >= 0.6 is 0 Å². The van der Waals surface area contributed by atoms with Crippen LogP contribution in [0, 0.1) is 0 Å². The second-order valence-electron chi connectivity index (χ2n) is 7.97. The molecule has 1 saturated heterocycles. The van der Waals surface area contributed by atoms with Crippen LogP contribution in [0.2, 0.25) is 0 Å². The number of anilines is 2. The maximum Gasteiger partial charge on any atom is 0.229 e. The smallest absolute Gasteiger partial charge is 0.229 e. The molecular formula is C24H27N7. The fourth-order valence-corrected chi connectivity index (χ4v) is 4.02. The molecule has 0 unspecified atom stereocenters. The van der Waals surface area contributed by atoms with Gasteiger partial charge in [-0.05, 0) is 11.1 Å². The first-order valence-corrected chi connectivity index (χ1v) is 10.7. The Morgan fingerprint density at radius 2 is 1.52 bits per heavy atom. The standard InChI is InChI=1S/C24H27N7/c1-29-23-21(17-26-29)22(25-16-19-8-4-2-5-9-19)27-24(28-23)31-14-12-30(13-15-31)18-20-10-6-3-7-11-20/h2-11,17H,12-16,18H2,1H3,(H,25,27,28). The number of aryl methyl sites for hydroxylation is 1. The largest absolute Gasteiger partial charge is 0.365 e. The van der Waals surface area contributed by atoms with E-state index in [9.17, 15) is 0 Å². The van der Waals surface area contributed by atoms with Crippen molar-refractivity contribution in [3.63, 3.8) is 0 Å². The molecule has 0 saturated carbocycles. The van der Waals surface area contributed by atoms with Gasteiger partial charge in [-0.3, -0.25) is 9.58 Å². The molecule has 2 aromatic heterocycles. The molecule has 1 aliphatic rings. The quantitative estimate of drug-likeness (QED) is 0.523. The lowest BCUT2D eigenvalue weighted by Gasteiger charge is -2.34. The molecule has 3 heterocycles. The Labute approximate surface area is 182 Å². The zero-order valence-corrected chi connectivity index (χ0v) is 17.8. The van der Waals surface area contributed by atoms with Crippen LogP contribution in [0.15, 0.2) is 66.9 Å². The number of nitrogens with zero attached hydrogens (tertiary/aromatic N) is 6. The molecule has 0 radical (unpaired) electrons. The summed E-state index contributed by atoms with van der Waals surface area (Å²) in [4.78, 5) is 14.5. The highest BCUT2D eigenvalue weighted by molar-refractivity contribution is 5.87. The molecule has 7 nitrogen and oxygen atoms in total. The summed E-state index contributed by atoms with van der Waals surface area (Å²) in [6.07, 6.45) is 1.84. The number of nitrogens with one attached hydrogen (secondary N) is 1. The molecule has 31 heavy (non-hydrogen) atoms. The first kappa shape index (κ1) is 19.5. The maximum absolute atomic E-state index is 4.89. The van der Waals surface area contributed by atoms with E-state index in [4.69, 9.17) is 9.97 Å². The molecule has 2 aromatic carbocycles.